The number of hydrogen-bond donors (Lipinski definition) is 1. The number of nitrogens with zero attached hydrogens (tertiary/aromatic N) is 1. The van der Waals surface area contributed by atoms with Gasteiger partial charge in [0.15, 0.2) is 6.73 Å². The SMILES string of the molecule is CN(Cc1ccccc1)C(=O)NCOc1ccccc1. The van der Waals surface area contributed by atoms with Gasteiger partial charge < -0.3 is 15.0 Å². The molecule has 1 N–H and O–H groups in total. The maximum atomic E-state index is 11.9. The highest BCUT2D eigenvalue weighted by Gasteiger charge is 2.08. The molecule has 4 heteroatoms. The van der Waals surface area contributed by atoms with Gasteiger partial charge in [-0.05, 0) is 17.7 Å². The largest absolute Gasteiger partial charge is 0.473 e. The van der Waals surface area contributed by atoms with Crippen molar-refractivity contribution in [1.82, 2.24) is 10.2 Å². The van der Waals surface area contributed by atoms with Gasteiger partial charge in [-0.3, -0.25) is 0 Å². The van der Waals surface area contributed by atoms with E-state index in [-0.39, 0.29) is 12.8 Å². The van der Waals surface area contributed by atoms with Gasteiger partial charge in [-0.15, -0.1) is 0 Å². The molecule has 0 heterocycles. The number of carbonyl (C=O) groups is 1. The standard InChI is InChI=1S/C16H18N2O2/c1-18(12-14-8-4-2-5-9-14)16(19)17-13-20-15-10-6-3-7-11-15/h2-11H,12-13H2,1H3,(H,17,19). The molecule has 2 amide bonds. The quantitative estimate of drug-likeness (QED) is 0.849. The third kappa shape index (κ3) is 4.31. The van der Waals surface area contributed by atoms with Gasteiger partial charge in [0.1, 0.15) is 5.75 Å². The fourth-order valence-corrected chi connectivity index (χ4v) is 1.76. The van der Waals surface area contributed by atoms with Gasteiger partial charge in [-0.1, -0.05) is 48.5 Å². The van der Waals surface area contributed by atoms with Gasteiger partial charge in [0.2, 0.25) is 0 Å². The smallest absolute Gasteiger partial charge is 0.320 e. The predicted molar refractivity (Wildman–Crippen MR) is 78.4 cm³/mol. The van der Waals surface area contributed by atoms with Crippen molar-refractivity contribution in [1.29, 1.82) is 0 Å². The molecule has 2 rings (SSSR count). The number of benzene rings is 2. The third-order valence-corrected chi connectivity index (χ3v) is 2.81. The van der Waals surface area contributed by atoms with Gasteiger partial charge in [0.05, 0.1) is 0 Å². The average molecular weight is 270 g/mol. The van der Waals surface area contributed by atoms with E-state index in [1.54, 1.807) is 11.9 Å². The van der Waals surface area contributed by atoms with Crippen molar-refractivity contribution in [2.75, 3.05) is 13.8 Å². The first-order valence-corrected chi connectivity index (χ1v) is 6.46. The minimum Gasteiger partial charge on any atom is -0.473 e. The molecule has 0 atom stereocenters. The van der Waals surface area contributed by atoms with E-state index in [0.717, 1.165) is 11.3 Å². The molecule has 0 spiro atoms. The highest BCUT2D eigenvalue weighted by atomic mass is 16.5. The van der Waals surface area contributed by atoms with E-state index in [4.69, 9.17) is 4.74 Å². The molecule has 0 aromatic heterocycles. The molecule has 2 aromatic rings. The van der Waals surface area contributed by atoms with Crippen LogP contribution < -0.4 is 10.1 Å². The minimum absolute atomic E-state index is 0.155. The number of hydrogen-bond acceptors (Lipinski definition) is 2. The van der Waals surface area contributed by atoms with Gasteiger partial charge in [0, 0.05) is 13.6 Å². The van der Waals surface area contributed by atoms with Crippen LogP contribution in [0.25, 0.3) is 0 Å². The van der Waals surface area contributed by atoms with Gasteiger partial charge in [-0.2, -0.15) is 0 Å². The molecule has 0 saturated heterocycles. The lowest BCUT2D eigenvalue weighted by molar-refractivity contribution is 0.192. The van der Waals surface area contributed by atoms with Crippen LogP contribution in [0.2, 0.25) is 0 Å². The van der Waals surface area contributed by atoms with Gasteiger partial charge in [-0.25, -0.2) is 4.79 Å². The first-order valence-electron chi connectivity index (χ1n) is 6.46. The zero-order chi connectivity index (χ0) is 14.2. The fraction of sp³-hybridized carbons (Fsp3) is 0.188. The van der Waals surface area contributed by atoms with Crippen molar-refractivity contribution in [3.05, 3.63) is 66.2 Å². The lowest BCUT2D eigenvalue weighted by Crippen LogP contribution is -2.38. The molecule has 0 radical (unpaired) electrons. The predicted octanol–water partition coefficient (Wildman–Crippen LogP) is 2.86. The van der Waals surface area contributed by atoms with Crippen LogP contribution in [0.1, 0.15) is 5.56 Å². The first-order chi connectivity index (χ1) is 9.75. The Morgan fingerprint density at radius 2 is 1.65 bits per heavy atom. The van der Waals surface area contributed by atoms with Crippen LogP contribution in [-0.4, -0.2) is 24.7 Å². The maximum Gasteiger partial charge on any atom is 0.320 e. The van der Waals surface area contributed by atoms with Crippen molar-refractivity contribution in [2.24, 2.45) is 0 Å². The van der Waals surface area contributed by atoms with Crippen LogP contribution in [-0.2, 0) is 6.54 Å². The minimum atomic E-state index is -0.162. The topological polar surface area (TPSA) is 41.6 Å². The zero-order valence-corrected chi connectivity index (χ0v) is 11.5. The Labute approximate surface area is 119 Å². The summed E-state index contributed by atoms with van der Waals surface area (Å²) in [7, 11) is 1.75. The van der Waals surface area contributed by atoms with E-state index in [0.29, 0.717) is 6.54 Å². The molecule has 0 aliphatic carbocycles. The number of carbonyl (C=O) groups excluding carboxylic acids is 1. The van der Waals surface area contributed by atoms with E-state index in [9.17, 15) is 4.79 Å². The summed E-state index contributed by atoms with van der Waals surface area (Å²) < 4.78 is 5.42. The van der Waals surface area contributed by atoms with Crippen LogP contribution in [0.5, 0.6) is 5.75 Å². The van der Waals surface area contributed by atoms with Crippen LogP contribution in [0.3, 0.4) is 0 Å². The Kier molecular flexibility index (Phi) is 5.00. The Morgan fingerprint density at radius 3 is 2.30 bits per heavy atom. The zero-order valence-electron chi connectivity index (χ0n) is 11.5. The van der Waals surface area contributed by atoms with Crippen molar-refractivity contribution in [3.63, 3.8) is 0 Å². The van der Waals surface area contributed by atoms with Crippen LogP contribution in [0.4, 0.5) is 4.79 Å². The molecular weight excluding hydrogens is 252 g/mol. The summed E-state index contributed by atoms with van der Waals surface area (Å²) in [6.07, 6.45) is 0. The molecule has 2 aromatic carbocycles. The summed E-state index contributed by atoms with van der Waals surface area (Å²) in [6.45, 7) is 0.722. The molecule has 0 aliphatic rings. The van der Waals surface area contributed by atoms with Gasteiger partial charge in [0.25, 0.3) is 0 Å². The van der Waals surface area contributed by atoms with E-state index in [1.165, 1.54) is 0 Å². The normalized spacial score (nSPS) is 9.85. The third-order valence-electron chi connectivity index (χ3n) is 2.81. The number of amides is 2. The highest BCUT2D eigenvalue weighted by Crippen LogP contribution is 2.07. The first kappa shape index (κ1) is 13.9. The fourth-order valence-electron chi connectivity index (χ4n) is 1.76. The number of ether oxygens (including phenoxy) is 1. The van der Waals surface area contributed by atoms with Crippen LogP contribution in [0.15, 0.2) is 60.7 Å². The molecule has 0 aliphatic heterocycles. The Balaban J connectivity index is 1.74. The maximum absolute atomic E-state index is 11.9. The second-order valence-corrected chi connectivity index (χ2v) is 4.43. The summed E-state index contributed by atoms with van der Waals surface area (Å²) in [5.41, 5.74) is 1.09. The average Bonchev–Trinajstić information content (AvgIpc) is 2.49. The van der Waals surface area contributed by atoms with Crippen molar-refractivity contribution in [3.8, 4) is 5.75 Å². The molecule has 0 fully saturated rings. The highest BCUT2D eigenvalue weighted by molar-refractivity contribution is 5.73. The van der Waals surface area contributed by atoms with E-state index >= 15 is 0 Å². The summed E-state index contributed by atoms with van der Waals surface area (Å²) in [5.74, 6) is 0.735. The van der Waals surface area contributed by atoms with Crippen molar-refractivity contribution < 1.29 is 9.53 Å². The number of nitrogens with one attached hydrogen (secondary N) is 1. The summed E-state index contributed by atoms with van der Waals surface area (Å²) in [4.78, 5) is 13.5. The number of urea groups is 1. The molecule has 0 saturated carbocycles. The number of rotatable bonds is 5. The molecule has 20 heavy (non-hydrogen) atoms. The van der Waals surface area contributed by atoms with Crippen molar-refractivity contribution >= 4 is 6.03 Å². The number of para-hydroxylation sites is 1. The van der Waals surface area contributed by atoms with E-state index < -0.39 is 0 Å². The lowest BCUT2D eigenvalue weighted by Gasteiger charge is -2.18. The Bertz CT molecular complexity index is 529. The lowest BCUT2D eigenvalue weighted by atomic mass is 10.2. The molecule has 0 unspecified atom stereocenters. The molecule has 0 bridgehead atoms. The molecule has 4 nitrogen and oxygen atoms in total. The second kappa shape index (κ2) is 7.19. The second-order valence-electron chi connectivity index (χ2n) is 4.43. The van der Waals surface area contributed by atoms with Crippen LogP contribution >= 0.6 is 0 Å². The Morgan fingerprint density at radius 1 is 1.05 bits per heavy atom. The van der Waals surface area contributed by atoms with E-state index in [1.807, 2.05) is 60.7 Å². The van der Waals surface area contributed by atoms with Crippen molar-refractivity contribution in [2.45, 2.75) is 6.54 Å². The monoisotopic (exact) mass is 270 g/mol. The van der Waals surface area contributed by atoms with E-state index in [2.05, 4.69) is 5.32 Å². The summed E-state index contributed by atoms with van der Waals surface area (Å²) in [5, 5.41) is 2.72. The molecular formula is C16H18N2O2. The van der Waals surface area contributed by atoms with Crippen LogP contribution in [0, 0.1) is 0 Å². The Hall–Kier alpha value is -2.49. The molecule has 104 valence electrons. The summed E-state index contributed by atoms with van der Waals surface area (Å²) in [6, 6.07) is 19.1. The summed E-state index contributed by atoms with van der Waals surface area (Å²) >= 11 is 0. The van der Waals surface area contributed by atoms with Gasteiger partial charge >= 0.3 is 6.03 Å².